The molecule has 0 aliphatic carbocycles. The van der Waals surface area contributed by atoms with Gasteiger partial charge in [-0.3, -0.25) is 4.79 Å². The molecule has 0 atom stereocenters. The second-order valence-electron chi connectivity index (χ2n) is 5.73. The van der Waals surface area contributed by atoms with E-state index in [9.17, 15) is 4.79 Å². The van der Waals surface area contributed by atoms with Crippen molar-refractivity contribution >= 4 is 23.7 Å². The summed E-state index contributed by atoms with van der Waals surface area (Å²) in [6.45, 7) is 3.92. The van der Waals surface area contributed by atoms with Crippen molar-refractivity contribution in [2.45, 2.75) is 13.8 Å². The number of carbonyl (C=O) groups is 1. The van der Waals surface area contributed by atoms with Crippen LogP contribution in [0.3, 0.4) is 0 Å². The van der Waals surface area contributed by atoms with Crippen LogP contribution >= 0.6 is 11.6 Å². The summed E-state index contributed by atoms with van der Waals surface area (Å²) in [5.74, 6) is 0.956. The quantitative estimate of drug-likeness (QED) is 0.531. The van der Waals surface area contributed by atoms with Crippen LogP contribution in [0.15, 0.2) is 64.1 Å². The molecule has 3 aromatic rings. The highest BCUT2D eigenvalue weighted by Gasteiger charge is 2.06. The summed E-state index contributed by atoms with van der Waals surface area (Å²) in [6, 6.07) is 16.6. The Balaban J connectivity index is 1.66. The van der Waals surface area contributed by atoms with Gasteiger partial charge in [0.1, 0.15) is 11.5 Å². The Hall–Kier alpha value is -2.85. The van der Waals surface area contributed by atoms with Crippen LogP contribution in [0.2, 0.25) is 5.02 Å². The number of nitrogens with zero attached hydrogens (tertiary/aromatic N) is 1. The zero-order valence-electron chi connectivity index (χ0n) is 13.9. The van der Waals surface area contributed by atoms with Crippen molar-refractivity contribution in [3.8, 4) is 11.3 Å². The second-order valence-corrected chi connectivity index (χ2v) is 6.14. The Bertz CT molecular complexity index is 927. The number of nitrogens with one attached hydrogen (secondary N) is 1. The third-order valence-electron chi connectivity index (χ3n) is 3.75. The van der Waals surface area contributed by atoms with E-state index < -0.39 is 0 Å². The molecule has 0 saturated heterocycles. The van der Waals surface area contributed by atoms with Crippen molar-refractivity contribution in [1.82, 2.24) is 5.43 Å². The number of hydrogen-bond acceptors (Lipinski definition) is 3. The van der Waals surface area contributed by atoms with Gasteiger partial charge in [-0.25, -0.2) is 5.43 Å². The predicted molar refractivity (Wildman–Crippen MR) is 100 cm³/mol. The van der Waals surface area contributed by atoms with Crippen molar-refractivity contribution in [3.63, 3.8) is 0 Å². The number of halogens is 1. The largest absolute Gasteiger partial charge is 0.455 e. The molecule has 0 unspecified atom stereocenters. The minimum absolute atomic E-state index is 0.270. The molecule has 4 nitrogen and oxygen atoms in total. The molecule has 0 saturated carbocycles. The topological polar surface area (TPSA) is 54.6 Å². The van der Waals surface area contributed by atoms with Gasteiger partial charge in [0.2, 0.25) is 0 Å². The van der Waals surface area contributed by atoms with E-state index in [-0.39, 0.29) is 5.91 Å². The monoisotopic (exact) mass is 352 g/mol. The zero-order chi connectivity index (χ0) is 17.8. The molecule has 0 aliphatic heterocycles. The third-order valence-corrected chi connectivity index (χ3v) is 4.16. The maximum Gasteiger partial charge on any atom is 0.271 e. The van der Waals surface area contributed by atoms with Crippen LogP contribution in [0.5, 0.6) is 0 Å². The summed E-state index contributed by atoms with van der Waals surface area (Å²) in [5.41, 5.74) is 6.03. The first kappa shape index (κ1) is 17.0. The molecule has 1 N–H and O–H groups in total. The second kappa shape index (κ2) is 7.36. The van der Waals surface area contributed by atoms with Crippen molar-refractivity contribution < 1.29 is 9.21 Å². The van der Waals surface area contributed by atoms with Gasteiger partial charge in [-0.15, -0.1) is 0 Å². The van der Waals surface area contributed by atoms with Crippen molar-refractivity contribution in [3.05, 3.63) is 82.1 Å². The van der Waals surface area contributed by atoms with Crippen molar-refractivity contribution in [2.75, 3.05) is 0 Å². The van der Waals surface area contributed by atoms with E-state index in [0.29, 0.717) is 22.1 Å². The number of hydrogen-bond donors (Lipinski definition) is 1. The molecule has 0 spiro atoms. The van der Waals surface area contributed by atoms with Gasteiger partial charge in [0.05, 0.1) is 6.21 Å². The Labute approximate surface area is 151 Å². The van der Waals surface area contributed by atoms with E-state index in [1.165, 1.54) is 6.21 Å². The number of benzene rings is 2. The normalized spacial score (nSPS) is 11.0. The summed E-state index contributed by atoms with van der Waals surface area (Å²) < 4.78 is 5.71. The molecule has 1 amide bonds. The first-order valence-corrected chi connectivity index (χ1v) is 8.17. The van der Waals surface area contributed by atoms with Crippen molar-refractivity contribution in [1.29, 1.82) is 0 Å². The smallest absolute Gasteiger partial charge is 0.271 e. The number of carbonyl (C=O) groups excluding carboxylic acids is 1. The Morgan fingerprint density at radius 3 is 2.56 bits per heavy atom. The van der Waals surface area contributed by atoms with Crippen LogP contribution in [-0.4, -0.2) is 12.1 Å². The number of amides is 1. The van der Waals surface area contributed by atoms with Gasteiger partial charge in [0.15, 0.2) is 0 Å². The van der Waals surface area contributed by atoms with E-state index in [0.717, 1.165) is 16.7 Å². The van der Waals surface area contributed by atoms with Crippen LogP contribution in [0.4, 0.5) is 0 Å². The van der Waals surface area contributed by atoms with Crippen LogP contribution < -0.4 is 5.43 Å². The molecular formula is C20H17ClN2O2. The average Bonchev–Trinajstić information content (AvgIpc) is 3.07. The molecule has 126 valence electrons. The maximum atomic E-state index is 12.0. The van der Waals surface area contributed by atoms with E-state index in [1.807, 2.05) is 50.2 Å². The van der Waals surface area contributed by atoms with Crippen LogP contribution in [-0.2, 0) is 0 Å². The van der Waals surface area contributed by atoms with E-state index in [4.69, 9.17) is 16.0 Å². The van der Waals surface area contributed by atoms with E-state index >= 15 is 0 Å². The SMILES string of the molecule is Cc1ccc(C(=O)N/N=C/c2ccc(-c3ccc(C)c(Cl)c3)o2)cc1. The first-order valence-electron chi connectivity index (χ1n) is 7.79. The van der Waals surface area contributed by atoms with Gasteiger partial charge >= 0.3 is 0 Å². The Kier molecular flexibility index (Phi) is 5.00. The van der Waals surface area contributed by atoms with Crippen LogP contribution in [0.25, 0.3) is 11.3 Å². The lowest BCUT2D eigenvalue weighted by molar-refractivity contribution is 0.0955. The van der Waals surface area contributed by atoms with Gasteiger partial charge in [0.25, 0.3) is 5.91 Å². The molecular weight excluding hydrogens is 336 g/mol. The maximum absolute atomic E-state index is 12.0. The standard InChI is InChI=1S/C20H17ClN2O2/c1-13-3-6-15(7-4-13)20(24)23-22-12-17-9-10-19(25-17)16-8-5-14(2)18(21)11-16/h3-12H,1-2H3,(H,23,24)/b22-12+. The predicted octanol–water partition coefficient (Wildman–Crippen LogP) is 4.98. The fraction of sp³-hybridized carbons (Fsp3) is 0.100. The highest BCUT2D eigenvalue weighted by atomic mass is 35.5. The molecule has 1 aromatic heterocycles. The molecule has 0 radical (unpaired) electrons. The molecule has 0 bridgehead atoms. The van der Waals surface area contributed by atoms with Crippen molar-refractivity contribution in [2.24, 2.45) is 5.10 Å². The lowest BCUT2D eigenvalue weighted by Gasteiger charge is -2.01. The van der Waals surface area contributed by atoms with E-state index in [2.05, 4.69) is 10.5 Å². The minimum atomic E-state index is -0.270. The highest BCUT2D eigenvalue weighted by molar-refractivity contribution is 6.31. The fourth-order valence-corrected chi connectivity index (χ4v) is 2.43. The molecule has 0 fully saturated rings. The van der Waals surface area contributed by atoms with Crippen LogP contribution in [0, 0.1) is 13.8 Å². The molecule has 5 heteroatoms. The third kappa shape index (κ3) is 4.17. The number of furan rings is 1. The molecule has 2 aromatic carbocycles. The summed E-state index contributed by atoms with van der Waals surface area (Å²) in [7, 11) is 0. The Morgan fingerprint density at radius 1 is 1.08 bits per heavy atom. The Morgan fingerprint density at radius 2 is 1.84 bits per heavy atom. The number of rotatable bonds is 4. The van der Waals surface area contributed by atoms with E-state index in [1.54, 1.807) is 18.2 Å². The lowest BCUT2D eigenvalue weighted by atomic mass is 10.1. The van der Waals surface area contributed by atoms with Gasteiger partial charge < -0.3 is 4.42 Å². The zero-order valence-corrected chi connectivity index (χ0v) is 14.7. The molecule has 1 heterocycles. The summed E-state index contributed by atoms with van der Waals surface area (Å²) in [4.78, 5) is 12.0. The lowest BCUT2D eigenvalue weighted by Crippen LogP contribution is -2.17. The van der Waals surface area contributed by atoms with Crippen LogP contribution in [0.1, 0.15) is 27.2 Å². The molecule has 0 aliphatic rings. The van der Waals surface area contributed by atoms with Gasteiger partial charge in [0, 0.05) is 16.1 Å². The average molecular weight is 353 g/mol. The summed E-state index contributed by atoms with van der Waals surface area (Å²) >= 11 is 6.14. The molecule has 25 heavy (non-hydrogen) atoms. The number of hydrazone groups is 1. The van der Waals surface area contributed by atoms with Gasteiger partial charge in [-0.1, -0.05) is 41.4 Å². The summed E-state index contributed by atoms with van der Waals surface area (Å²) in [5, 5.41) is 4.62. The van der Waals surface area contributed by atoms with Gasteiger partial charge in [-0.2, -0.15) is 5.10 Å². The highest BCUT2D eigenvalue weighted by Crippen LogP contribution is 2.26. The minimum Gasteiger partial charge on any atom is -0.455 e. The van der Waals surface area contributed by atoms with Gasteiger partial charge in [-0.05, 0) is 49.7 Å². The fourth-order valence-electron chi connectivity index (χ4n) is 2.25. The number of aryl methyl sites for hydroxylation is 2. The summed E-state index contributed by atoms with van der Waals surface area (Å²) in [6.07, 6.45) is 1.46. The molecule has 3 rings (SSSR count). The first-order chi connectivity index (χ1) is 12.0.